The molecule has 1 N–H and O–H groups in total. The first-order chi connectivity index (χ1) is 5.55. The van der Waals surface area contributed by atoms with Crippen molar-refractivity contribution in [2.75, 3.05) is 0 Å². The zero-order valence-corrected chi connectivity index (χ0v) is 5.84. The van der Waals surface area contributed by atoms with E-state index in [-0.39, 0.29) is 5.56 Å². The fourth-order valence-electron chi connectivity index (χ4n) is 0.729. The van der Waals surface area contributed by atoms with E-state index in [0.717, 1.165) is 12.5 Å². The zero-order valence-electron chi connectivity index (χ0n) is 5.84. The summed E-state index contributed by atoms with van der Waals surface area (Å²) in [5.74, 6) is 0. The van der Waals surface area contributed by atoms with E-state index >= 15 is 0 Å². The molecule has 0 atom stereocenters. The van der Waals surface area contributed by atoms with Crippen molar-refractivity contribution in [1.82, 2.24) is 9.97 Å². The molecule has 66 valence electrons. The fraction of sp³-hybridized carbons (Fsp3) is 0.333. The minimum absolute atomic E-state index is 0.315. The van der Waals surface area contributed by atoms with Gasteiger partial charge in [0.25, 0.3) is 0 Å². The van der Waals surface area contributed by atoms with E-state index in [1.165, 1.54) is 0 Å². The highest BCUT2D eigenvalue weighted by molar-refractivity contribution is 5.17. The summed E-state index contributed by atoms with van der Waals surface area (Å²) in [6.45, 7) is -0.713. The Morgan fingerprint density at radius 2 is 2.08 bits per heavy atom. The molecule has 1 heterocycles. The highest BCUT2D eigenvalue weighted by Crippen LogP contribution is 2.29. The molecule has 0 fully saturated rings. The van der Waals surface area contributed by atoms with Crippen LogP contribution >= 0.6 is 0 Å². The van der Waals surface area contributed by atoms with Gasteiger partial charge >= 0.3 is 6.18 Å². The molecule has 0 aliphatic carbocycles. The molecule has 1 rings (SSSR count). The van der Waals surface area contributed by atoms with Crippen LogP contribution in [0.5, 0.6) is 0 Å². The van der Waals surface area contributed by atoms with Crippen molar-refractivity contribution in [1.29, 1.82) is 0 Å². The van der Waals surface area contributed by atoms with Gasteiger partial charge in [-0.1, -0.05) is 0 Å². The number of aliphatic hydroxyl groups excluding tert-OH is 1. The largest absolute Gasteiger partial charge is 0.433 e. The van der Waals surface area contributed by atoms with E-state index in [0.29, 0.717) is 0 Å². The van der Waals surface area contributed by atoms with Crippen LogP contribution in [0, 0.1) is 0 Å². The molecule has 0 saturated heterocycles. The number of nitrogens with zero attached hydrogens (tertiary/aromatic N) is 2. The van der Waals surface area contributed by atoms with Gasteiger partial charge in [-0.25, -0.2) is 9.97 Å². The Balaban J connectivity index is 3.14. The van der Waals surface area contributed by atoms with Crippen LogP contribution in [0.3, 0.4) is 0 Å². The first-order valence-electron chi connectivity index (χ1n) is 3.02. The third kappa shape index (κ3) is 1.70. The van der Waals surface area contributed by atoms with E-state index in [2.05, 4.69) is 9.97 Å². The van der Waals surface area contributed by atoms with Crippen LogP contribution in [-0.2, 0) is 12.8 Å². The van der Waals surface area contributed by atoms with E-state index in [9.17, 15) is 13.2 Å². The summed E-state index contributed by atoms with van der Waals surface area (Å²) in [4.78, 5) is 6.38. The van der Waals surface area contributed by atoms with Gasteiger partial charge < -0.3 is 5.11 Å². The topological polar surface area (TPSA) is 46.0 Å². The molecule has 0 aliphatic rings. The Morgan fingerprint density at radius 3 is 2.50 bits per heavy atom. The molecule has 0 radical (unpaired) electrons. The molecule has 6 heteroatoms. The van der Waals surface area contributed by atoms with Gasteiger partial charge in [0, 0.05) is 11.8 Å². The number of rotatable bonds is 1. The van der Waals surface area contributed by atoms with Gasteiger partial charge in [-0.05, 0) is 0 Å². The Hall–Kier alpha value is -1.17. The summed E-state index contributed by atoms with van der Waals surface area (Å²) in [6.07, 6.45) is -2.79. The average Bonchev–Trinajstić information content (AvgIpc) is 2.03. The second-order valence-corrected chi connectivity index (χ2v) is 2.05. The Kier molecular flexibility index (Phi) is 2.27. The first kappa shape index (κ1) is 8.92. The molecule has 3 nitrogen and oxygen atoms in total. The van der Waals surface area contributed by atoms with Crippen molar-refractivity contribution in [3.05, 3.63) is 23.8 Å². The van der Waals surface area contributed by atoms with Crippen molar-refractivity contribution < 1.29 is 18.3 Å². The molecule has 0 amide bonds. The molecule has 0 unspecified atom stereocenters. The third-order valence-corrected chi connectivity index (χ3v) is 1.23. The van der Waals surface area contributed by atoms with Gasteiger partial charge in [-0.15, -0.1) is 0 Å². The van der Waals surface area contributed by atoms with Crippen LogP contribution in [-0.4, -0.2) is 15.1 Å². The predicted molar refractivity (Wildman–Crippen MR) is 33.0 cm³/mol. The maximum Gasteiger partial charge on any atom is 0.433 e. The van der Waals surface area contributed by atoms with Gasteiger partial charge in [0.05, 0.1) is 6.61 Å². The highest BCUT2D eigenvalue weighted by atomic mass is 19.4. The standard InChI is InChI=1S/C6H5F3N2O/c7-6(8,9)5-4(2-12)1-10-3-11-5/h1,3,12H,2H2. The van der Waals surface area contributed by atoms with Gasteiger partial charge in [-0.3, -0.25) is 0 Å². The Bertz CT molecular complexity index is 274. The van der Waals surface area contributed by atoms with Crippen molar-refractivity contribution in [2.24, 2.45) is 0 Å². The van der Waals surface area contributed by atoms with Crippen molar-refractivity contribution in [3.8, 4) is 0 Å². The summed E-state index contributed by atoms with van der Waals surface area (Å²) in [5, 5.41) is 8.50. The lowest BCUT2D eigenvalue weighted by molar-refractivity contribution is -0.142. The first-order valence-corrected chi connectivity index (χ1v) is 3.02. The smallest absolute Gasteiger partial charge is 0.392 e. The monoisotopic (exact) mass is 178 g/mol. The summed E-state index contributed by atoms with van der Waals surface area (Å²) in [5.41, 5.74) is -1.40. The van der Waals surface area contributed by atoms with Crippen molar-refractivity contribution in [2.45, 2.75) is 12.8 Å². The van der Waals surface area contributed by atoms with Gasteiger partial charge in [0.1, 0.15) is 6.33 Å². The van der Waals surface area contributed by atoms with Gasteiger partial charge in [-0.2, -0.15) is 13.2 Å². The van der Waals surface area contributed by atoms with Crippen LogP contribution in [0.1, 0.15) is 11.3 Å². The van der Waals surface area contributed by atoms with Crippen molar-refractivity contribution in [3.63, 3.8) is 0 Å². The Labute approximate surface area is 65.9 Å². The second-order valence-electron chi connectivity index (χ2n) is 2.05. The molecular formula is C6H5F3N2O. The quantitative estimate of drug-likeness (QED) is 0.697. The molecule has 0 saturated carbocycles. The SMILES string of the molecule is OCc1cncnc1C(F)(F)F. The van der Waals surface area contributed by atoms with Crippen LogP contribution in [0.4, 0.5) is 13.2 Å². The van der Waals surface area contributed by atoms with Crippen LogP contribution in [0.2, 0.25) is 0 Å². The lowest BCUT2D eigenvalue weighted by Gasteiger charge is -2.07. The predicted octanol–water partition coefficient (Wildman–Crippen LogP) is 0.988. The van der Waals surface area contributed by atoms with E-state index < -0.39 is 18.5 Å². The van der Waals surface area contributed by atoms with Crippen LogP contribution < -0.4 is 0 Å². The highest BCUT2D eigenvalue weighted by Gasteiger charge is 2.34. The molecule has 0 spiro atoms. The van der Waals surface area contributed by atoms with E-state index in [1.54, 1.807) is 0 Å². The number of aromatic nitrogens is 2. The maximum atomic E-state index is 12.0. The van der Waals surface area contributed by atoms with E-state index in [4.69, 9.17) is 5.11 Å². The number of halogens is 3. The zero-order chi connectivity index (χ0) is 9.19. The lowest BCUT2D eigenvalue weighted by Crippen LogP contribution is -2.12. The molecule has 12 heavy (non-hydrogen) atoms. The molecule has 1 aromatic heterocycles. The third-order valence-electron chi connectivity index (χ3n) is 1.23. The summed E-state index contributed by atoms with van der Waals surface area (Å²) in [6, 6.07) is 0. The maximum absolute atomic E-state index is 12.0. The van der Waals surface area contributed by atoms with Gasteiger partial charge in [0.2, 0.25) is 0 Å². The van der Waals surface area contributed by atoms with Crippen molar-refractivity contribution >= 4 is 0 Å². The average molecular weight is 178 g/mol. The summed E-state index contributed by atoms with van der Waals surface area (Å²) < 4.78 is 36.1. The normalized spacial score (nSPS) is 11.7. The number of hydrogen-bond donors (Lipinski definition) is 1. The Morgan fingerprint density at radius 1 is 1.42 bits per heavy atom. The number of alkyl halides is 3. The molecule has 0 aliphatic heterocycles. The molecular weight excluding hydrogens is 173 g/mol. The number of aliphatic hydroxyl groups is 1. The minimum atomic E-state index is -4.53. The van der Waals surface area contributed by atoms with Crippen LogP contribution in [0.15, 0.2) is 12.5 Å². The number of hydrogen-bond acceptors (Lipinski definition) is 3. The minimum Gasteiger partial charge on any atom is -0.392 e. The summed E-state index contributed by atoms with van der Waals surface area (Å²) in [7, 11) is 0. The summed E-state index contributed by atoms with van der Waals surface area (Å²) >= 11 is 0. The fourth-order valence-corrected chi connectivity index (χ4v) is 0.729. The lowest BCUT2D eigenvalue weighted by atomic mass is 10.2. The van der Waals surface area contributed by atoms with Crippen LogP contribution in [0.25, 0.3) is 0 Å². The van der Waals surface area contributed by atoms with E-state index in [1.807, 2.05) is 0 Å². The van der Waals surface area contributed by atoms with Gasteiger partial charge in [0.15, 0.2) is 5.69 Å². The second kappa shape index (κ2) is 3.06. The molecule has 1 aromatic rings. The molecule has 0 bridgehead atoms. The molecule has 0 aromatic carbocycles.